The first-order chi connectivity index (χ1) is 15.5. The number of aryl methyl sites for hydroxylation is 2. The Morgan fingerprint density at radius 1 is 1.03 bits per heavy atom. The van der Waals surface area contributed by atoms with E-state index in [2.05, 4.69) is 15.0 Å². The first-order valence-corrected chi connectivity index (χ1v) is 10.5. The van der Waals surface area contributed by atoms with Crippen molar-refractivity contribution in [3.63, 3.8) is 0 Å². The number of hydrogen-bond donors (Lipinski definition) is 0. The summed E-state index contributed by atoms with van der Waals surface area (Å²) in [5.74, 6) is 1.87. The summed E-state index contributed by atoms with van der Waals surface area (Å²) in [5, 5.41) is 4.67. The molecule has 2 aromatic heterocycles. The van der Waals surface area contributed by atoms with Crippen molar-refractivity contribution < 1.29 is 23.5 Å². The van der Waals surface area contributed by atoms with Crippen LogP contribution in [0.2, 0.25) is 0 Å². The highest BCUT2D eigenvalue weighted by Gasteiger charge is 2.27. The summed E-state index contributed by atoms with van der Waals surface area (Å²) in [6, 6.07) is 5.69. The lowest BCUT2D eigenvalue weighted by Crippen LogP contribution is -2.48. The van der Waals surface area contributed by atoms with Gasteiger partial charge in [0.15, 0.2) is 11.5 Å². The molecule has 1 aromatic carbocycles. The topological polar surface area (TPSA) is 90.2 Å². The average molecular weight is 441 g/mol. The van der Waals surface area contributed by atoms with E-state index in [4.69, 9.17) is 18.7 Å². The van der Waals surface area contributed by atoms with Gasteiger partial charge in [0.25, 0.3) is 11.6 Å². The van der Waals surface area contributed by atoms with E-state index < -0.39 is 0 Å². The number of ether oxygens (including phenoxy) is 3. The molecular weight excluding hydrogens is 412 g/mol. The molecule has 0 atom stereocenters. The number of amides is 1. The van der Waals surface area contributed by atoms with Gasteiger partial charge in [-0.15, -0.1) is 0 Å². The summed E-state index contributed by atoms with van der Waals surface area (Å²) in [4.78, 5) is 21.8. The second-order valence-electron chi connectivity index (χ2n) is 7.82. The van der Waals surface area contributed by atoms with Gasteiger partial charge in [-0.1, -0.05) is 11.2 Å². The third-order valence-corrected chi connectivity index (χ3v) is 5.81. The summed E-state index contributed by atoms with van der Waals surface area (Å²) in [5.41, 5.74) is 3.43. The van der Waals surface area contributed by atoms with Gasteiger partial charge in [0.05, 0.1) is 38.0 Å². The Morgan fingerprint density at radius 2 is 1.75 bits per heavy atom. The molecular formula is C23H28N4O5. The van der Waals surface area contributed by atoms with Crippen LogP contribution in [0, 0.1) is 13.8 Å². The second kappa shape index (κ2) is 9.04. The summed E-state index contributed by atoms with van der Waals surface area (Å²) in [6.07, 6.45) is 0. The van der Waals surface area contributed by atoms with Crippen LogP contribution in [0.5, 0.6) is 17.2 Å². The van der Waals surface area contributed by atoms with Crippen LogP contribution in [0.15, 0.2) is 22.7 Å². The lowest BCUT2D eigenvalue weighted by atomic mass is 10.1. The van der Waals surface area contributed by atoms with Gasteiger partial charge in [-0.3, -0.25) is 9.69 Å². The third-order valence-electron chi connectivity index (χ3n) is 5.81. The van der Waals surface area contributed by atoms with Gasteiger partial charge in [0.2, 0.25) is 5.75 Å². The molecule has 0 radical (unpaired) electrons. The molecule has 0 spiro atoms. The maximum atomic E-state index is 13.3. The Kier molecular flexibility index (Phi) is 6.18. The molecule has 3 aromatic rings. The molecule has 1 fully saturated rings. The predicted octanol–water partition coefficient (Wildman–Crippen LogP) is 2.82. The normalized spacial score (nSPS) is 14.6. The number of piperazine rings is 1. The van der Waals surface area contributed by atoms with E-state index in [1.807, 2.05) is 36.9 Å². The minimum absolute atomic E-state index is 0.0184. The van der Waals surface area contributed by atoms with Gasteiger partial charge in [-0.05, 0) is 26.0 Å². The number of carbonyl (C=O) groups is 1. The Bertz CT molecular complexity index is 1140. The van der Waals surface area contributed by atoms with Crippen LogP contribution >= 0.6 is 0 Å². The molecule has 0 saturated carbocycles. The van der Waals surface area contributed by atoms with E-state index in [1.54, 1.807) is 21.3 Å². The number of rotatable bonds is 6. The fourth-order valence-corrected chi connectivity index (χ4v) is 4.19. The van der Waals surface area contributed by atoms with Crippen molar-refractivity contribution in [3.8, 4) is 17.2 Å². The maximum absolute atomic E-state index is 13.3. The second-order valence-corrected chi connectivity index (χ2v) is 7.82. The first-order valence-electron chi connectivity index (χ1n) is 10.5. The van der Waals surface area contributed by atoms with Crippen LogP contribution in [-0.2, 0) is 6.54 Å². The molecule has 1 aliphatic rings. The zero-order valence-corrected chi connectivity index (χ0v) is 19.1. The number of methoxy groups -OCH3 is 3. The van der Waals surface area contributed by atoms with Crippen molar-refractivity contribution >= 4 is 17.0 Å². The largest absolute Gasteiger partial charge is 0.493 e. The highest BCUT2D eigenvalue weighted by molar-refractivity contribution is 6.06. The molecule has 3 heterocycles. The molecule has 0 unspecified atom stereocenters. The lowest BCUT2D eigenvalue weighted by Gasteiger charge is -2.35. The molecule has 32 heavy (non-hydrogen) atoms. The predicted molar refractivity (Wildman–Crippen MR) is 119 cm³/mol. The number of nitrogens with zero attached hydrogens (tertiary/aromatic N) is 4. The molecule has 0 aliphatic carbocycles. The lowest BCUT2D eigenvalue weighted by molar-refractivity contribution is 0.0629. The molecule has 1 amide bonds. The van der Waals surface area contributed by atoms with E-state index in [9.17, 15) is 4.79 Å². The molecule has 1 saturated heterocycles. The van der Waals surface area contributed by atoms with E-state index in [0.29, 0.717) is 59.2 Å². The summed E-state index contributed by atoms with van der Waals surface area (Å²) < 4.78 is 21.7. The highest BCUT2D eigenvalue weighted by Crippen LogP contribution is 2.40. The van der Waals surface area contributed by atoms with Crippen LogP contribution in [-0.4, -0.2) is 73.4 Å². The van der Waals surface area contributed by atoms with E-state index >= 15 is 0 Å². The van der Waals surface area contributed by atoms with Crippen LogP contribution in [0.4, 0.5) is 0 Å². The van der Waals surface area contributed by atoms with Gasteiger partial charge in [0, 0.05) is 44.0 Å². The van der Waals surface area contributed by atoms with Gasteiger partial charge >= 0.3 is 0 Å². The number of benzene rings is 1. The molecule has 0 N–H and O–H groups in total. The van der Waals surface area contributed by atoms with E-state index in [0.717, 1.165) is 24.3 Å². The molecule has 1 aliphatic heterocycles. The van der Waals surface area contributed by atoms with Gasteiger partial charge in [-0.2, -0.15) is 0 Å². The zero-order chi connectivity index (χ0) is 22.8. The minimum Gasteiger partial charge on any atom is -0.493 e. The number of hydrogen-bond acceptors (Lipinski definition) is 8. The number of fused-ring (bicyclic) bond motifs is 1. The first kappa shape index (κ1) is 21.9. The van der Waals surface area contributed by atoms with E-state index in [-0.39, 0.29) is 5.91 Å². The van der Waals surface area contributed by atoms with Crippen molar-refractivity contribution in [1.29, 1.82) is 0 Å². The quantitative estimate of drug-likeness (QED) is 0.578. The van der Waals surface area contributed by atoms with Crippen molar-refractivity contribution in [2.75, 3.05) is 47.5 Å². The van der Waals surface area contributed by atoms with Crippen LogP contribution in [0.1, 0.15) is 27.3 Å². The van der Waals surface area contributed by atoms with Crippen molar-refractivity contribution in [2.45, 2.75) is 20.4 Å². The van der Waals surface area contributed by atoms with Crippen LogP contribution in [0.3, 0.4) is 0 Å². The molecule has 4 rings (SSSR count). The monoisotopic (exact) mass is 440 g/mol. The fourth-order valence-electron chi connectivity index (χ4n) is 4.19. The number of pyridine rings is 1. The molecule has 170 valence electrons. The maximum Gasteiger partial charge on any atom is 0.258 e. The van der Waals surface area contributed by atoms with E-state index in [1.165, 1.54) is 0 Å². The van der Waals surface area contributed by atoms with Crippen molar-refractivity contribution in [1.82, 2.24) is 19.9 Å². The number of aromatic nitrogens is 2. The Morgan fingerprint density at radius 3 is 2.41 bits per heavy atom. The molecule has 9 heteroatoms. The Hall–Kier alpha value is -3.33. The van der Waals surface area contributed by atoms with Crippen molar-refractivity contribution in [2.24, 2.45) is 0 Å². The average Bonchev–Trinajstić information content (AvgIpc) is 3.18. The Labute approximate surface area is 186 Å². The summed E-state index contributed by atoms with van der Waals surface area (Å²) in [7, 11) is 4.83. The molecule has 9 nitrogen and oxygen atoms in total. The number of carbonyl (C=O) groups excluding carboxylic acids is 1. The zero-order valence-electron chi connectivity index (χ0n) is 19.1. The SMILES string of the molecule is COc1ccc(CN2CCN(C(=O)c3cc(C)nc4onc(C)c34)CC2)c(OC)c1OC. The molecule has 0 bridgehead atoms. The minimum atomic E-state index is -0.0184. The van der Waals surface area contributed by atoms with Crippen LogP contribution in [0.25, 0.3) is 11.1 Å². The van der Waals surface area contributed by atoms with Gasteiger partial charge < -0.3 is 23.6 Å². The smallest absolute Gasteiger partial charge is 0.258 e. The Balaban J connectivity index is 1.48. The van der Waals surface area contributed by atoms with Gasteiger partial charge in [0.1, 0.15) is 0 Å². The summed E-state index contributed by atoms with van der Waals surface area (Å²) in [6.45, 7) is 7.12. The van der Waals surface area contributed by atoms with Gasteiger partial charge in [-0.25, -0.2) is 4.98 Å². The fraction of sp³-hybridized carbons (Fsp3) is 0.435. The highest BCUT2D eigenvalue weighted by atomic mass is 16.5. The standard InChI is InChI=1S/C23H28N4O5/c1-14-12-17(19-15(2)25-32-22(19)24-14)23(28)27-10-8-26(9-11-27)13-16-6-7-18(29-3)21(31-5)20(16)30-4/h6-7,12H,8-11,13H2,1-5H3. The van der Waals surface area contributed by atoms with Crippen molar-refractivity contribution in [3.05, 3.63) is 40.7 Å². The third kappa shape index (κ3) is 3.95. The summed E-state index contributed by atoms with van der Waals surface area (Å²) >= 11 is 0. The van der Waals surface area contributed by atoms with Crippen LogP contribution < -0.4 is 14.2 Å².